The molecule has 0 radical (unpaired) electrons. The van der Waals surface area contributed by atoms with Crippen molar-refractivity contribution in [3.8, 4) is 22.2 Å². The maximum absolute atomic E-state index is 5.80. The van der Waals surface area contributed by atoms with Gasteiger partial charge in [0, 0.05) is 5.56 Å². The Bertz CT molecular complexity index is 1000. The lowest BCUT2D eigenvalue weighted by Crippen LogP contribution is -1.88. The van der Waals surface area contributed by atoms with E-state index in [1.807, 2.05) is 50.4 Å². The minimum Gasteiger partial charge on any atom is -0.419 e. The van der Waals surface area contributed by atoms with Crippen molar-refractivity contribution in [1.82, 2.24) is 20.4 Å². The van der Waals surface area contributed by atoms with Crippen LogP contribution in [-0.2, 0) is 0 Å². The lowest BCUT2D eigenvalue weighted by atomic mass is 10.1. The van der Waals surface area contributed by atoms with E-state index in [1.54, 1.807) is 11.3 Å². The summed E-state index contributed by atoms with van der Waals surface area (Å²) in [5, 5.41) is 18.9. The van der Waals surface area contributed by atoms with Gasteiger partial charge in [0.1, 0.15) is 0 Å². The third-order valence-electron chi connectivity index (χ3n) is 3.67. The van der Waals surface area contributed by atoms with Gasteiger partial charge in [-0.1, -0.05) is 35.0 Å². The zero-order valence-corrected chi connectivity index (χ0v) is 16.1. The molecule has 1 aromatic carbocycles. The second-order valence-electron chi connectivity index (χ2n) is 5.93. The number of benzene rings is 1. The van der Waals surface area contributed by atoms with Crippen molar-refractivity contribution in [3.05, 3.63) is 52.7 Å². The average Bonchev–Trinajstić information content (AvgIpc) is 3.34. The van der Waals surface area contributed by atoms with E-state index in [1.165, 1.54) is 11.8 Å². The molecule has 0 fully saturated rings. The molecule has 3 aromatic heterocycles. The summed E-state index contributed by atoms with van der Waals surface area (Å²) in [6.07, 6.45) is 0. The van der Waals surface area contributed by atoms with E-state index in [2.05, 4.69) is 26.5 Å². The fourth-order valence-corrected chi connectivity index (χ4v) is 3.93. The van der Waals surface area contributed by atoms with Crippen molar-refractivity contribution in [2.24, 2.45) is 0 Å². The van der Waals surface area contributed by atoms with Gasteiger partial charge in [0.15, 0.2) is 0 Å². The normalized spacial score (nSPS) is 12.4. The van der Waals surface area contributed by atoms with Gasteiger partial charge in [-0.2, -0.15) is 0 Å². The van der Waals surface area contributed by atoms with Crippen LogP contribution >= 0.6 is 23.1 Å². The second kappa shape index (κ2) is 7.05. The predicted molar refractivity (Wildman–Crippen MR) is 101 cm³/mol. The molecular formula is C18H16N4O2S2. The van der Waals surface area contributed by atoms with Gasteiger partial charge in [-0.3, -0.25) is 0 Å². The standard InChI is InChI=1S/C18H16N4O2S2/c1-10-7-11(2)9-13(8-10)16-20-22-18(24-16)26-12(3)15-19-21-17(23-15)14-5-4-6-25-14/h4-9,12H,1-3H3. The van der Waals surface area contributed by atoms with E-state index >= 15 is 0 Å². The Kier molecular flexibility index (Phi) is 4.60. The maximum Gasteiger partial charge on any atom is 0.277 e. The van der Waals surface area contributed by atoms with E-state index in [-0.39, 0.29) is 5.25 Å². The summed E-state index contributed by atoms with van der Waals surface area (Å²) in [4.78, 5) is 0.954. The van der Waals surface area contributed by atoms with Crippen LogP contribution < -0.4 is 0 Å². The summed E-state index contributed by atoms with van der Waals surface area (Å²) < 4.78 is 11.6. The number of hydrogen-bond acceptors (Lipinski definition) is 8. The van der Waals surface area contributed by atoms with Crippen molar-refractivity contribution in [1.29, 1.82) is 0 Å². The van der Waals surface area contributed by atoms with Crippen LogP contribution in [0.2, 0.25) is 0 Å². The zero-order valence-electron chi connectivity index (χ0n) is 14.5. The fraction of sp³-hybridized carbons (Fsp3) is 0.222. The van der Waals surface area contributed by atoms with Gasteiger partial charge in [0.05, 0.1) is 10.1 Å². The van der Waals surface area contributed by atoms with Crippen molar-refractivity contribution < 1.29 is 8.83 Å². The molecule has 4 rings (SSSR count). The Morgan fingerprint density at radius 2 is 1.73 bits per heavy atom. The van der Waals surface area contributed by atoms with Gasteiger partial charge in [0.2, 0.25) is 11.8 Å². The molecule has 0 amide bonds. The molecule has 1 atom stereocenters. The first kappa shape index (κ1) is 17.0. The highest BCUT2D eigenvalue weighted by atomic mass is 32.2. The number of thioether (sulfide) groups is 1. The molecule has 132 valence electrons. The topological polar surface area (TPSA) is 77.8 Å². The predicted octanol–water partition coefficient (Wildman–Crippen LogP) is 5.32. The van der Waals surface area contributed by atoms with E-state index in [0.717, 1.165) is 21.6 Å². The lowest BCUT2D eigenvalue weighted by molar-refractivity contribution is 0.461. The highest BCUT2D eigenvalue weighted by Crippen LogP contribution is 2.36. The molecule has 0 aliphatic carbocycles. The molecule has 26 heavy (non-hydrogen) atoms. The molecule has 0 N–H and O–H groups in total. The van der Waals surface area contributed by atoms with E-state index in [9.17, 15) is 0 Å². The molecule has 0 bridgehead atoms. The highest BCUT2D eigenvalue weighted by Gasteiger charge is 2.20. The van der Waals surface area contributed by atoms with E-state index < -0.39 is 0 Å². The average molecular weight is 384 g/mol. The van der Waals surface area contributed by atoms with E-state index in [0.29, 0.717) is 22.9 Å². The summed E-state index contributed by atoms with van der Waals surface area (Å²) >= 11 is 2.96. The van der Waals surface area contributed by atoms with Crippen LogP contribution in [0, 0.1) is 13.8 Å². The molecule has 3 heterocycles. The third kappa shape index (κ3) is 3.56. The second-order valence-corrected chi connectivity index (χ2v) is 8.17. The fourth-order valence-electron chi connectivity index (χ4n) is 2.57. The van der Waals surface area contributed by atoms with Gasteiger partial charge in [-0.15, -0.1) is 31.7 Å². The lowest BCUT2D eigenvalue weighted by Gasteiger charge is -2.02. The number of rotatable bonds is 5. The maximum atomic E-state index is 5.80. The molecule has 0 aliphatic heterocycles. The molecule has 8 heteroatoms. The largest absolute Gasteiger partial charge is 0.419 e. The van der Waals surface area contributed by atoms with Crippen molar-refractivity contribution in [3.63, 3.8) is 0 Å². The number of thiophene rings is 1. The van der Waals surface area contributed by atoms with Crippen LogP contribution in [0.3, 0.4) is 0 Å². The number of aromatic nitrogens is 4. The van der Waals surface area contributed by atoms with Crippen LogP contribution in [-0.4, -0.2) is 20.4 Å². The Balaban J connectivity index is 1.50. The van der Waals surface area contributed by atoms with Crippen LogP contribution in [0.4, 0.5) is 0 Å². The van der Waals surface area contributed by atoms with Gasteiger partial charge in [-0.25, -0.2) is 0 Å². The minimum atomic E-state index is -0.0937. The van der Waals surface area contributed by atoms with E-state index in [4.69, 9.17) is 8.83 Å². The molecule has 0 spiro atoms. The molecule has 0 aliphatic rings. The van der Waals surface area contributed by atoms with Crippen LogP contribution in [0.1, 0.15) is 29.2 Å². The van der Waals surface area contributed by atoms with Crippen molar-refractivity contribution in [2.75, 3.05) is 0 Å². The van der Waals surface area contributed by atoms with Crippen LogP contribution in [0.25, 0.3) is 22.2 Å². The highest BCUT2D eigenvalue weighted by molar-refractivity contribution is 7.99. The molecule has 0 saturated carbocycles. The quantitative estimate of drug-likeness (QED) is 0.431. The van der Waals surface area contributed by atoms with Gasteiger partial charge in [0.25, 0.3) is 11.1 Å². The number of hydrogen-bond donors (Lipinski definition) is 0. The molecule has 1 unspecified atom stereocenters. The monoisotopic (exact) mass is 384 g/mol. The molecule has 4 aromatic rings. The Morgan fingerprint density at radius 3 is 2.46 bits per heavy atom. The minimum absolute atomic E-state index is 0.0937. The molecular weight excluding hydrogens is 368 g/mol. The van der Waals surface area contributed by atoms with Gasteiger partial charge < -0.3 is 8.83 Å². The number of aryl methyl sites for hydroxylation is 2. The first-order valence-electron chi connectivity index (χ1n) is 8.04. The van der Waals surface area contributed by atoms with Crippen molar-refractivity contribution >= 4 is 23.1 Å². The third-order valence-corrected chi connectivity index (χ3v) is 5.45. The Hall–Kier alpha value is -2.45. The van der Waals surface area contributed by atoms with Gasteiger partial charge >= 0.3 is 0 Å². The summed E-state index contributed by atoms with van der Waals surface area (Å²) in [5.41, 5.74) is 3.24. The number of nitrogens with zero attached hydrogens (tertiary/aromatic N) is 4. The summed E-state index contributed by atoms with van der Waals surface area (Å²) in [6.45, 7) is 6.06. The SMILES string of the molecule is Cc1cc(C)cc(-c2nnc(SC(C)c3nnc(-c4cccs4)o3)o2)c1. The summed E-state index contributed by atoms with van der Waals surface area (Å²) in [5.74, 6) is 1.57. The molecule has 0 saturated heterocycles. The zero-order chi connectivity index (χ0) is 18.1. The van der Waals surface area contributed by atoms with Crippen LogP contribution in [0.15, 0.2) is 49.8 Å². The van der Waals surface area contributed by atoms with Crippen molar-refractivity contribution in [2.45, 2.75) is 31.2 Å². The summed E-state index contributed by atoms with van der Waals surface area (Å²) in [7, 11) is 0. The summed E-state index contributed by atoms with van der Waals surface area (Å²) in [6, 6.07) is 10.1. The smallest absolute Gasteiger partial charge is 0.277 e. The first-order valence-corrected chi connectivity index (χ1v) is 9.80. The Morgan fingerprint density at radius 1 is 0.962 bits per heavy atom. The van der Waals surface area contributed by atoms with Gasteiger partial charge in [-0.05, 0) is 44.4 Å². The first-order chi connectivity index (χ1) is 12.6. The Labute approximate surface area is 158 Å². The molecule has 6 nitrogen and oxygen atoms in total. The van der Waals surface area contributed by atoms with Crippen LogP contribution in [0.5, 0.6) is 0 Å².